The van der Waals surface area contributed by atoms with E-state index < -0.39 is 0 Å². The number of para-hydroxylation sites is 2. The molecular formula is C17H17NO. The maximum Gasteiger partial charge on any atom is 0.227 e. The van der Waals surface area contributed by atoms with Crippen LogP contribution < -0.4 is 0 Å². The number of benzene rings is 2. The van der Waals surface area contributed by atoms with Gasteiger partial charge in [0.2, 0.25) is 5.89 Å². The summed E-state index contributed by atoms with van der Waals surface area (Å²) in [6.45, 7) is 4.46. The standard InChI is InChI=1S/C17H17NO/c1-12(2)10-13-6-5-7-14(11-13)17-18-15-8-3-4-9-16(15)19-17/h3-9,11-12H,10H2,1-2H3. The summed E-state index contributed by atoms with van der Waals surface area (Å²) in [5, 5.41) is 0. The van der Waals surface area contributed by atoms with Crippen LogP contribution in [0.1, 0.15) is 19.4 Å². The van der Waals surface area contributed by atoms with Crippen molar-refractivity contribution in [2.24, 2.45) is 5.92 Å². The lowest BCUT2D eigenvalue weighted by Crippen LogP contribution is -1.93. The SMILES string of the molecule is CC(C)Cc1cccc(-c2nc3ccccc3o2)c1. The fourth-order valence-corrected chi connectivity index (χ4v) is 2.30. The molecule has 2 heteroatoms. The molecule has 0 saturated carbocycles. The fraction of sp³-hybridized carbons (Fsp3) is 0.235. The molecule has 2 aromatic carbocycles. The normalized spacial score (nSPS) is 11.3. The molecule has 1 heterocycles. The van der Waals surface area contributed by atoms with Gasteiger partial charge in [-0.15, -0.1) is 0 Å². The third-order valence-corrected chi connectivity index (χ3v) is 3.11. The number of nitrogens with zero attached hydrogens (tertiary/aromatic N) is 1. The summed E-state index contributed by atoms with van der Waals surface area (Å²) in [5.74, 6) is 1.35. The summed E-state index contributed by atoms with van der Waals surface area (Å²) < 4.78 is 5.80. The average Bonchev–Trinajstić information content (AvgIpc) is 2.82. The number of rotatable bonds is 3. The van der Waals surface area contributed by atoms with E-state index in [1.165, 1.54) is 5.56 Å². The third-order valence-electron chi connectivity index (χ3n) is 3.11. The molecule has 3 rings (SSSR count). The van der Waals surface area contributed by atoms with Gasteiger partial charge in [-0.25, -0.2) is 4.98 Å². The monoisotopic (exact) mass is 251 g/mol. The lowest BCUT2D eigenvalue weighted by atomic mass is 10.0. The molecule has 0 bridgehead atoms. The predicted octanol–water partition coefficient (Wildman–Crippen LogP) is 4.69. The van der Waals surface area contributed by atoms with Gasteiger partial charge in [-0.2, -0.15) is 0 Å². The lowest BCUT2D eigenvalue weighted by Gasteiger charge is -2.05. The van der Waals surface area contributed by atoms with Gasteiger partial charge < -0.3 is 4.42 Å². The van der Waals surface area contributed by atoms with Crippen LogP contribution in [0.3, 0.4) is 0 Å². The van der Waals surface area contributed by atoms with E-state index in [-0.39, 0.29) is 0 Å². The first-order valence-electron chi connectivity index (χ1n) is 6.67. The van der Waals surface area contributed by atoms with Gasteiger partial charge in [0.15, 0.2) is 5.58 Å². The van der Waals surface area contributed by atoms with Gasteiger partial charge in [-0.1, -0.05) is 38.1 Å². The Bertz CT molecular complexity index is 664. The fourth-order valence-electron chi connectivity index (χ4n) is 2.30. The zero-order valence-electron chi connectivity index (χ0n) is 11.3. The quantitative estimate of drug-likeness (QED) is 0.674. The van der Waals surface area contributed by atoms with Crippen LogP contribution in [0.25, 0.3) is 22.6 Å². The van der Waals surface area contributed by atoms with Crippen molar-refractivity contribution in [3.8, 4) is 11.5 Å². The molecule has 0 fully saturated rings. The minimum atomic E-state index is 0.652. The Morgan fingerprint density at radius 2 is 1.89 bits per heavy atom. The first-order valence-corrected chi connectivity index (χ1v) is 6.67. The van der Waals surface area contributed by atoms with Crippen molar-refractivity contribution in [2.45, 2.75) is 20.3 Å². The second-order valence-electron chi connectivity index (χ2n) is 5.29. The van der Waals surface area contributed by atoms with E-state index >= 15 is 0 Å². The summed E-state index contributed by atoms with van der Waals surface area (Å²) in [5.41, 5.74) is 4.13. The minimum absolute atomic E-state index is 0.652. The van der Waals surface area contributed by atoms with Gasteiger partial charge in [0.1, 0.15) is 5.52 Å². The van der Waals surface area contributed by atoms with Crippen LogP contribution >= 0.6 is 0 Å². The topological polar surface area (TPSA) is 26.0 Å². The predicted molar refractivity (Wildman–Crippen MR) is 78.0 cm³/mol. The Morgan fingerprint density at radius 3 is 2.68 bits per heavy atom. The van der Waals surface area contributed by atoms with E-state index in [1.807, 2.05) is 24.3 Å². The molecule has 0 atom stereocenters. The number of hydrogen-bond donors (Lipinski definition) is 0. The van der Waals surface area contributed by atoms with Crippen molar-refractivity contribution in [1.29, 1.82) is 0 Å². The molecule has 0 N–H and O–H groups in total. The van der Waals surface area contributed by atoms with Crippen molar-refractivity contribution in [3.63, 3.8) is 0 Å². The Morgan fingerprint density at radius 1 is 1.05 bits per heavy atom. The zero-order valence-corrected chi connectivity index (χ0v) is 11.3. The summed E-state index contributed by atoms with van der Waals surface area (Å²) in [6, 6.07) is 16.3. The first kappa shape index (κ1) is 12.0. The smallest absolute Gasteiger partial charge is 0.227 e. The summed E-state index contributed by atoms with van der Waals surface area (Å²) >= 11 is 0. The molecular weight excluding hydrogens is 234 g/mol. The molecule has 2 nitrogen and oxygen atoms in total. The highest BCUT2D eigenvalue weighted by Crippen LogP contribution is 2.25. The van der Waals surface area contributed by atoms with Crippen LogP contribution in [0.15, 0.2) is 52.9 Å². The number of hydrogen-bond acceptors (Lipinski definition) is 2. The maximum absolute atomic E-state index is 5.80. The van der Waals surface area contributed by atoms with Gasteiger partial charge in [0.25, 0.3) is 0 Å². The van der Waals surface area contributed by atoms with E-state index in [1.54, 1.807) is 0 Å². The van der Waals surface area contributed by atoms with Gasteiger partial charge in [0, 0.05) is 5.56 Å². The van der Waals surface area contributed by atoms with Crippen molar-refractivity contribution in [3.05, 3.63) is 54.1 Å². The molecule has 19 heavy (non-hydrogen) atoms. The Labute approximate surface area is 113 Å². The Hall–Kier alpha value is -2.09. The second kappa shape index (κ2) is 4.88. The molecule has 0 aliphatic rings. The molecule has 0 saturated heterocycles. The molecule has 0 unspecified atom stereocenters. The van der Waals surface area contributed by atoms with Crippen LogP contribution in [0.2, 0.25) is 0 Å². The van der Waals surface area contributed by atoms with Crippen LogP contribution in [0, 0.1) is 5.92 Å². The van der Waals surface area contributed by atoms with Crippen molar-refractivity contribution in [2.75, 3.05) is 0 Å². The molecule has 0 spiro atoms. The lowest BCUT2D eigenvalue weighted by molar-refractivity contribution is 0.618. The van der Waals surface area contributed by atoms with Gasteiger partial charge in [0.05, 0.1) is 0 Å². The largest absolute Gasteiger partial charge is 0.436 e. The molecule has 0 aliphatic heterocycles. The number of oxazole rings is 1. The highest BCUT2D eigenvalue weighted by atomic mass is 16.3. The van der Waals surface area contributed by atoms with E-state index in [0.717, 1.165) is 23.1 Å². The van der Waals surface area contributed by atoms with Gasteiger partial charge in [-0.3, -0.25) is 0 Å². The highest BCUT2D eigenvalue weighted by Gasteiger charge is 2.08. The third kappa shape index (κ3) is 2.53. The molecule has 0 aliphatic carbocycles. The molecule has 1 aromatic heterocycles. The molecule has 96 valence electrons. The summed E-state index contributed by atoms with van der Waals surface area (Å²) in [4.78, 5) is 4.54. The van der Waals surface area contributed by atoms with Crippen LogP contribution in [-0.4, -0.2) is 4.98 Å². The van der Waals surface area contributed by atoms with Gasteiger partial charge >= 0.3 is 0 Å². The van der Waals surface area contributed by atoms with E-state index in [4.69, 9.17) is 4.42 Å². The van der Waals surface area contributed by atoms with Crippen LogP contribution in [-0.2, 0) is 6.42 Å². The van der Waals surface area contributed by atoms with Crippen LogP contribution in [0.4, 0.5) is 0 Å². The minimum Gasteiger partial charge on any atom is -0.436 e. The van der Waals surface area contributed by atoms with Crippen molar-refractivity contribution >= 4 is 11.1 Å². The maximum atomic E-state index is 5.80. The average molecular weight is 251 g/mol. The van der Waals surface area contributed by atoms with E-state index in [0.29, 0.717) is 11.8 Å². The number of aromatic nitrogens is 1. The Balaban J connectivity index is 2.01. The van der Waals surface area contributed by atoms with Crippen molar-refractivity contribution < 1.29 is 4.42 Å². The first-order chi connectivity index (χ1) is 9.22. The van der Waals surface area contributed by atoms with Gasteiger partial charge in [-0.05, 0) is 42.2 Å². The van der Waals surface area contributed by atoms with Crippen molar-refractivity contribution in [1.82, 2.24) is 4.98 Å². The zero-order chi connectivity index (χ0) is 13.2. The molecule has 3 aromatic rings. The molecule has 0 radical (unpaired) electrons. The highest BCUT2D eigenvalue weighted by molar-refractivity contribution is 5.76. The Kier molecular flexibility index (Phi) is 3.08. The summed E-state index contributed by atoms with van der Waals surface area (Å²) in [6.07, 6.45) is 1.08. The molecule has 0 amide bonds. The van der Waals surface area contributed by atoms with Crippen LogP contribution in [0.5, 0.6) is 0 Å². The van der Waals surface area contributed by atoms with E-state index in [2.05, 4.69) is 43.1 Å². The second-order valence-corrected chi connectivity index (χ2v) is 5.29. The van der Waals surface area contributed by atoms with E-state index in [9.17, 15) is 0 Å². The number of fused-ring (bicyclic) bond motifs is 1. The summed E-state index contributed by atoms with van der Waals surface area (Å²) in [7, 11) is 0.